The van der Waals surface area contributed by atoms with E-state index in [2.05, 4.69) is 45.3 Å². The van der Waals surface area contributed by atoms with E-state index in [1.807, 2.05) is 4.90 Å². The minimum atomic E-state index is -0.0714. The summed E-state index contributed by atoms with van der Waals surface area (Å²) in [7, 11) is 0. The molecule has 2 fully saturated rings. The van der Waals surface area contributed by atoms with Crippen molar-refractivity contribution >= 4 is 6.03 Å². The molecule has 0 radical (unpaired) electrons. The molecule has 4 rings (SSSR count). The van der Waals surface area contributed by atoms with Gasteiger partial charge in [-0.25, -0.2) is 9.78 Å². The van der Waals surface area contributed by atoms with E-state index in [4.69, 9.17) is 0 Å². The molecule has 0 unspecified atom stereocenters. The average molecular weight is 311 g/mol. The number of nitrogens with zero attached hydrogens (tertiary/aromatic N) is 5. The summed E-state index contributed by atoms with van der Waals surface area (Å²) in [6.45, 7) is 3.84. The lowest BCUT2D eigenvalue weighted by atomic mass is 9.88. The van der Waals surface area contributed by atoms with Gasteiger partial charge >= 0.3 is 6.03 Å². The minimum absolute atomic E-state index is 0.0714. The number of amides is 1. The summed E-state index contributed by atoms with van der Waals surface area (Å²) in [5.74, 6) is 0.681. The Hall–Kier alpha value is -2.21. The van der Waals surface area contributed by atoms with Gasteiger partial charge in [-0.15, -0.1) is 0 Å². The Balaban J connectivity index is 1.27. The zero-order chi connectivity index (χ0) is 15.6. The highest BCUT2D eigenvalue weighted by molar-refractivity contribution is 5.76. The third-order valence-corrected chi connectivity index (χ3v) is 5.06. The van der Waals surface area contributed by atoms with E-state index in [0.717, 1.165) is 26.2 Å². The van der Waals surface area contributed by atoms with Crippen LogP contribution in [0.1, 0.15) is 24.3 Å². The summed E-state index contributed by atoms with van der Waals surface area (Å²) >= 11 is 0. The van der Waals surface area contributed by atoms with Gasteiger partial charge < -0.3 is 4.90 Å². The lowest BCUT2D eigenvalue weighted by Gasteiger charge is -2.47. The number of likely N-dealkylation sites (tertiary alicyclic amines) is 2. The van der Waals surface area contributed by atoms with Crippen LogP contribution in [0.4, 0.5) is 4.79 Å². The molecule has 120 valence electrons. The summed E-state index contributed by atoms with van der Waals surface area (Å²) in [6.07, 6.45) is 5.26. The van der Waals surface area contributed by atoms with Gasteiger partial charge in [0.15, 0.2) is 0 Å². The minimum Gasteiger partial charge on any atom is -0.320 e. The molecule has 3 heterocycles. The number of aromatic nitrogens is 3. The van der Waals surface area contributed by atoms with Gasteiger partial charge in [0.2, 0.25) is 0 Å². The second kappa shape index (κ2) is 6.12. The highest BCUT2D eigenvalue weighted by Gasteiger charge is 2.37. The van der Waals surface area contributed by atoms with Crippen LogP contribution < -0.4 is 0 Å². The Labute approximate surface area is 135 Å². The van der Waals surface area contributed by atoms with Crippen molar-refractivity contribution < 1.29 is 4.79 Å². The Morgan fingerprint density at radius 3 is 2.48 bits per heavy atom. The van der Waals surface area contributed by atoms with E-state index >= 15 is 0 Å². The van der Waals surface area contributed by atoms with Gasteiger partial charge in [0.25, 0.3) is 0 Å². The van der Waals surface area contributed by atoms with Gasteiger partial charge in [0, 0.05) is 19.1 Å². The monoisotopic (exact) mass is 311 g/mol. The van der Waals surface area contributed by atoms with Crippen LogP contribution in [-0.4, -0.2) is 62.8 Å². The van der Waals surface area contributed by atoms with Crippen molar-refractivity contribution in [1.29, 1.82) is 0 Å². The molecule has 1 aromatic carbocycles. The maximum Gasteiger partial charge on any atom is 0.346 e. The van der Waals surface area contributed by atoms with E-state index in [-0.39, 0.29) is 6.03 Å². The first kappa shape index (κ1) is 14.4. The summed E-state index contributed by atoms with van der Waals surface area (Å²) in [6, 6.07) is 11.2. The molecule has 0 bridgehead atoms. The number of rotatable bonds is 2. The van der Waals surface area contributed by atoms with Crippen molar-refractivity contribution in [3.63, 3.8) is 0 Å². The van der Waals surface area contributed by atoms with Gasteiger partial charge in [-0.1, -0.05) is 30.3 Å². The smallest absolute Gasteiger partial charge is 0.320 e. The van der Waals surface area contributed by atoms with Crippen LogP contribution in [0, 0.1) is 0 Å². The van der Waals surface area contributed by atoms with Crippen molar-refractivity contribution in [3.8, 4) is 0 Å². The molecular formula is C17H21N5O. The van der Waals surface area contributed by atoms with Crippen LogP contribution in [0.2, 0.25) is 0 Å². The fourth-order valence-corrected chi connectivity index (χ4v) is 3.62. The number of hydrogen-bond acceptors (Lipinski definition) is 4. The van der Waals surface area contributed by atoms with Gasteiger partial charge in [0.1, 0.15) is 12.7 Å². The summed E-state index contributed by atoms with van der Waals surface area (Å²) < 4.78 is 1.30. The third kappa shape index (κ3) is 2.86. The Morgan fingerprint density at radius 2 is 1.83 bits per heavy atom. The van der Waals surface area contributed by atoms with Crippen LogP contribution in [0.3, 0.4) is 0 Å². The molecule has 1 aromatic heterocycles. The lowest BCUT2D eigenvalue weighted by molar-refractivity contribution is 0.0409. The van der Waals surface area contributed by atoms with E-state index in [9.17, 15) is 4.79 Å². The standard InChI is InChI=1S/C17H21N5O/c23-17(22-13-18-12-19-22)21-10-16(11-21)20-8-6-15(7-9-20)14-4-2-1-3-5-14/h1-5,12-13,15-16H,6-11H2. The second-order valence-electron chi connectivity index (χ2n) is 6.40. The van der Waals surface area contributed by atoms with Crippen LogP contribution in [-0.2, 0) is 0 Å². The van der Waals surface area contributed by atoms with Crippen molar-refractivity contribution in [3.05, 3.63) is 48.5 Å². The number of carbonyl (C=O) groups is 1. The average Bonchev–Trinajstić information content (AvgIpc) is 3.09. The molecule has 0 saturated carbocycles. The Morgan fingerprint density at radius 1 is 1.09 bits per heavy atom. The van der Waals surface area contributed by atoms with Crippen LogP contribution in [0.5, 0.6) is 0 Å². The van der Waals surface area contributed by atoms with Crippen molar-refractivity contribution in [1.82, 2.24) is 24.6 Å². The number of hydrogen-bond donors (Lipinski definition) is 0. The predicted octanol–water partition coefficient (Wildman–Crippen LogP) is 1.81. The Bertz CT molecular complexity index is 643. The van der Waals surface area contributed by atoms with Gasteiger partial charge in [-0.05, 0) is 37.4 Å². The zero-order valence-corrected chi connectivity index (χ0v) is 13.1. The topological polar surface area (TPSA) is 54.3 Å². The second-order valence-corrected chi connectivity index (χ2v) is 6.40. The summed E-state index contributed by atoms with van der Waals surface area (Å²) in [5.41, 5.74) is 1.46. The van der Waals surface area contributed by atoms with Gasteiger partial charge in [-0.3, -0.25) is 4.90 Å². The fourth-order valence-electron chi connectivity index (χ4n) is 3.62. The lowest BCUT2D eigenvalue weighted by Crippen LogP contribution is -2.62. The van der Waals surface area contributed by atoms with Gasteiger partial charge in [-0.2, -0.15) is 9.78 Å². The molecule has 6 heteroatoms. The molecule has 1 amide bonds. The molecule has 0 aliphatic carbocycles. The van der Waals surface area contributed by atoms with E-state index in [1.54, 1.807) is 0 Å². The maximum atomic E-state index is 12.1. The quantitative estimate of drug-likeness (QED) is 0.849. The molecule has 2 saturated heterocycles. The predicted molar refractivity (Wildman–Crippen MR) is 86.2 cm³/mol. The number of piperidine rings is 1. The first-order valence-corrected chi connectivity index (χ1v) is 8.24. The molecule has 2 aromatic rings. The molecular weight excluding hydrogens is 290 g/mol. The molecule has 2 aliphatic rings. The normalized spacial score (nSPS) is 20.4. The van der Waals surface area contributed by atoms with E-state index < -0.39 is 0 Å². The SMILES string of the molecule is O=C(N1CC(N2CCC(c3ccccc3)CC2)C1)n1cncn1. The largest absolute Gasteiger partial charge is 0.346 e. The number of benzene rings is 1. The van der Waals surface area contributed by atoms with E-state index in [1.165, 1.54) is 35.7 Å². The van der Waals surface area contributed by atoms with Crippen LogP contribution in [0.15, 0.2) is 43.0 Å². The van der Waals surface area contributed by atoms with Crippen molar-refractivity contribution in [2.24, 2.45) is 0 Å². The van der Waals surface area contributed by atoms with Crippen LogP contribution in [0.25, 0.3) is 0 Å². The molecule has 0 spiro atoms. The zero-order valence-electron chi connectivity index (χ0n) is 13.1. The Kier molecular flexibility index (Phi) is 3.83. The fraction of sp³-hybridized carbons (Fsp3) is 0.471. The molecule has 23 heavy (non-hydrogen) atoms. The summed E-state index contributed by atoms with van der Waals surface area (Å²) in [4.78, 5) is 20.3. The third-order valence-electron chi connectivity index (χ3n) is 5.06. The van der Waals surface area contributed by atoms with E-state index in [0.29, 0.717) is 12.0 Å². The van der Waals surface area contributed by atoms with Crippen LogP contribution >= 0.6 is 0 Å². The highest BCUT2D eigenvalue weighted by atomic mass is 16.2. The first-order chi connectivity index (χ1) is 11.3. The van der Waals surface area contributed by atoms with Gasteiger partial charge in [0.05, 0.1) is 0 Å². The highest BCUT2D eigenvalue weighted by Crippen LogP contribution is 2.30. The molecule has 2 aliphatic heterocycles. The van der Waals surface area contributed by atoms with Crippen molar-refractivity contribution in [2.75, 3.05) is 26.2 Å². The maximum absolute atomic E-state index is 12.1. The summed E-state index contributed by atoms with van der Waals surface area (Å²) in [5, 5.41) is 3.90. The molecule has 6 nitrogen and oxygen atoms in total. The van der Waals surface area contributed by atoms with Crippen molar-refractivity contribution in [2.45, 2.75) is 24.8 Å². The molecule has 0 N–H and O–H groups in total. The molecule has 0 atom stereocenters. The number of carbonyl (C=O) groups excluding carboxylic acids is 1. The first-order valence-electron chi connectivity index (χ1n) is 8.24.